The van der Waals surface area contributed by atoms with Crippen molar-refractivity contribution in [2.75, 3.05) is 11.1 Å². The molecule has 1 heterocycles. The van der Waals surface area contributed by atoms with Crippen LogP contribution in [0.5, 0.6) is 0 Å². The van der Waals surface area contributed by atoms with E-state index in [0.29, 0.717) is 18.1 Å². The zero-order valence-corrected chi connectivity index (χ0v) is 17.3. The van der Waals surface area contributed by atoms with Crippen molar-refractivity contribution in [1.29, 1.82) is 0 Å². The highest BCUT2D eigenvalue weighted by atomic mass is 32.2. The molecular weight excluding hydrogens is 392 g/mol. The van der Waals surface area contributed by atoms with Crippen molar-refractivity contribution in [3.63, 3.8) is 0 Å². The lowest BCUT2D eigenvalue weighted by atomic mass is 10.0. The van der Waals surface area contributed by atoms with E-state index >= 15 is 0 Å². The first kappa shape index (κ1) is 19.9. The quantitative estimate of drug-likeness (QED) is 0.328. The Morgan fingerprint density at radius 1 is 1.00 bits per heavy atom. The van der Waals surface area contributed by atoms with Crippen LogP contribution in [-0.4, -0.2) is 26.4 Å². The molecule has 0 fully saturated rings. The van der Waals surface area contributed by atoms with Gasteiger partial charge in [0, 0.05) is 18.7 Å². The number of carbonyl (C=O) groups excluding carboxylic acids is 1. The summed E-state index contributed by atoms with van der Waals surface area (Å²) >= 11 is 1.38. The average molecular weight is 415 g/mol. The van der Waals surface area contributed by atoms with Crippen LogP contribution in [0.3, 0.4) is 0 Å². The van der Waals surface area contributed by atoms with Crippen molar-refractivity contribution in [3.05, 3.63) is 96.8 Å². The summed E-state index contributed by atoms with van der Waals surface area (Å²) in [5, 5.41) is 14.8. The van der Waals surface area contributed by atoms with Gasteiger partial charge in [-0.2, -0.15) is 0 Å². The number of nitrogens with one attached hydrogen (secondary N) is 1. The summed E-state index contributed by atoms with van der Waals surface area (Å²) in [6.45, 7) is 4.45. The van der Waals surface area contributed by atoms with Gasteiger partial charge < -0.3 is 9.88 Å². The van der Waals surface area contributed by atoms with Crippen molar-refractivity contribution >= 4 is 34.1 Å². The lowest BCUT2D eigenvalue weighted by Gasteiger charge is -2.10. The van der Waals surface area contributed by atoms with Crippen LogP contribution in [0.1, 0.15) is 11.4 Å². The lowest BCUT2D eigenvalue weighted by molar-refractivity contribution is -0.113. The van der Waals surface area contributed by atoms with Crippen LogP contribution >= 0.6 is 11.8 Å². The summed E-state index contributed by atoms with van der Waals surface area (Å²) in [6, 6.07) is 24.1. The maximum Gasteiger partial charge on any atom is 0.234 e. The molecule has 1 aromatic heterocycles. The third-order valence-electron chi connectivity index (χ3n) is 4.72. The first-order valence-corrected chi connectivity index (χ1v) is 10.7. The van der Waals surface area contributed by atoms with Gasteiger partial charge in [-0.1, -0.05) is 78.5 Å². The van der Waals surface area contributed by atoms with Gasteiger partial charge in [0.05, 0.1) is 5.75 Å². The van der Waals surface area contributed by atoms with E-state index in [1.807, 2.05) is 53.1 Å². The molecule has 4 aromatic rings. The Labute approximate surface area is 179 Å². The summed E-state index contributed by atoms with van der Waals surface area (Å²) < 4.78 is 2.02. The van der Waals surface area contributed by atoms with E-state index in [9.17, 15) is 4.79 Å². The summed E-state index contributed by atoms with van der Waals surface area (Å²) in [6.07, 6.45) is 2.49. The molecule has 150 valence electrons. The number of rotatable bonds is 8. The van der Waals surface area contributed by atoms with Gasteiger partial charge >= 0.3 is 0 Å². The Kier molecular flexibility index (Phi) is 6.25. The van der Waals surface area contributed by atoms with Gasteiger partial charge in [0.15, 0.2) is 5.16 Å². The maximum atomic E-state index is 12.3. The number of aromatic nitrogens is 3. The number of hydrogen-bond donors (Lipinski definition) is 1. The van der Waals surface area contributed by atoms with Crippen LogP contribution in [-0.2, 0) is 17.8 Å². The number of carbonyl (C=O) groups is 1. The van der Waals surface area contributed by atoms with E-state index in [1.54, 1.807) is 0 Å². The molecule has 0 saturated heterocycles. The number of para-hydroxylation sites is 1. The van der Waals surface area contributed by atoms with E-state index in [4.69, 9.17) is 0 Å². The molecule has 0 bridgehead atoms. The third-order valence-corrected chi connectivity index (χ3v) is 5.69. The molecular formula is C24H22N4OS. The fraction of sp³-hybridized carbons (Fsp3) is 0.125. The lowest BCUT2D eigenvalue weighted by Crippen LogP contribution is -2.14. The van der Waals surface area contributed by atoms with Crippen molar-refractivity contribution in [2.24, 2.45) is 0 Å². The van der Waals surface area contributed by atoms with Gasteiger partial charge in [0.2, 0.25) is 5.91 Å². The first-order valence-electron chi connectivity index (χ1n) is 9.72. The first-order chi connectivity index (χ1) is 14.7. The molecule has 0 radical (unpaired) electrons. The maximum absolute atomic E-state index is 12.3. The minimum absolute atomic E-state index is 0.0741. The highest BCUT2D eigenvalue weighted by molar-refractivity contribution is 7.99. The van der Waals surface area contributed by atoms with Crippen LogP contribution in [0.2, 0.25) is 0 Å². The summed E-state index contributed by atoms with van der Waals surface area (Å²) in [7, 11) is 0. The van der Waals surface area contributed by atoms with E-state index in [1.165, 1.54) is 28.1 Å². The Morgan fingerprint density at radius 3 is 2.60 bits per heavy atom. The van der Waals surface area contributed by atoms with Crippen molar-refractivity contribution < 1.29 is 4.79 Å². The fourth-order valence-corrected chi connectivity index (χ4v) is 4.10. The largest absolute Gasteiger partial charge is 0.325 e. The molecule has 0 atom stereocenters. The molecule has 6 heteroatoms. The monoisotopic (exact) mass is 414 g/mol. The predicted molar refractivity (Wildman–Crippen MR) is 123 cm³/mol. The van der Waals surface area contributed by atoms with Gasteiger partial charge in [-0.05, 0) is 28.5 Å². The summed E-state index contributed by atoms with van der Waals surface area (Å²) in [4.78, 5) is 12.3. The van der Waals surface area contributed by atoms with Crippen LogP contribution in [0.25, 0.3) is 10.8 Å². The van der Waals surface area contributed by atoms with Crippen molar-refractivity contribution in [1.82, 2.24) is 14.8 Å². The second-order valence-corrected chi connectivity index (χ2v) is 7.76. The van der Waals surface area contributed by atoms with Gasteiger partial charge in [0.1, 0.15) is 5.82 Å². The molecule has 1 N–H and O–H groups in total. The summed E-state index contributed by atoms with van der Waals surface area (Å²) in [5.74, 6) is 1.05. The molecule has 3 aromatic carbocycles. The number of thioether (sulfide) groups is 1. The minimum Gasteiger partial charge on any atom is -0.325 e. The van der Waals surface area contributed by atoms with Gasteiger partial charge in [-0.15, -0.1) is 16.8 Å². The molecule has 5 nitrogen and oxygen atoms in total. The number of allylic oxidation sites excluding steroid dienone is 1. The number of nitrogens with zero attached hydrogens (tertiary/aromatic N) is 3. The van der Waals surface area contributed by atoms with Crippen molar-refractivity contribution in [2.45, 2.75) is 18.1 Å². The Bertz CT molecular complexity index is 1170. The molecule has 30 heavy (non-hydrogen) atoms. The Hall–Kier alpha value is -3.38. The number of fused-ring (bicyclic) bond motifs is 1. The molecule has 0 saturated carbocycles. The number of amides is 1. The molecule has 1 amide bonds. The molecule has 0 aliphatic rings. The number of benzene rings is 3. The second kappa shape index (κ2) is 9.41. The van der Waals surface area contributed by atoms with E-state index < -0.39 is 0 Å². The van der Waals surface area contributed by atoms with Crippen LogP contribution < -0.4 is 5.32 Å². The third kappa shape index (κ3) is 4.60. The smallest absolute Gasteiger partial charge is 0.234 e. The van der Waals surface area contributed by atoms with Gasteiger partial charge in [0.25, 0.3) is 0 Å². The Morgan fingerprint density at radius 2 is 1.77 bits per heavy atom. The van der Waals surface area contributed by atoms with Crippen LogP contribution in [0, 0.1) is 0 Å². The highest BCUT2D eigenvalue weighted by Gasteiger charge is 2.15. The topological polar surface area (TPSA) is 59.8 Å². The standard InChI is InChI=1S/C24H22N4OS/c1-2-15-28-22(16-19-11-8-10-18-9-6-7-14-21(18)19)26-27-24(28)30-17-23(29)25-20-12-4-3-5-13-20/h2-14H,1,15-17H2,(H,25,29). The average Bonchev–Trinajstić information content (AvgIpc) is 3.15. The zero-order chi connectivity index (χ0) is 20.8. The van der Waals surface area contributed by atoms with Gasteiger partial charge in [-0.25, -0.2) is 0 Å². The van der Waals surface area contributed by atoms with Crippen molar-refractivity contribution in [3.8, 4) is 0 Å². The SMILES string of the molecule is C=CCn1c(Cc2cccc3ccccc23)nnc1SCC(=O)Nc1ccccc1. The fourth-order valence-electron chi connectivity index (χ4n) is 3.33. The summed E-state index contributed by atoms with van der Waals surface area (Å²) in [5.41, 5.74) is 1.98. The zero-order valence-electron chi connectivity index (χ0n) is 16.5. The number of anilines is 1. The molecule has 0 aliphatic carbocycles. The normalized spacial score (nSPS) is 10.8. The van der Waals surface area contributed by atoms with E-state index in [-0.39, 0.29) is 11.7 Å². The molecule has 0 spiro atoms. The van der Waals surface area contributed by atoms with Crippen LogP contribution in [0.15, 0.2) is 90.6 Å². The predicted octanol–water partition coefficient (Wildman–Crippen LogP) is 4.94. The minimum atomic E-state index is -0.0741. The molecule has 4 rings (SSSR count). The molecule has 0 unspecified atom stereocenters. The van der Waals surface area contributed by atoms with Gasteiger partial charge in [-0.3, -0.25) is 4.79 Å². The second-order valence-electron chi connectivity index (χ2n) is 6.82. The van der Waals surface area contributed by atoms with Crippen LogP contribution in [0.4, 0.5) is 5.69 Å². The van der Waals surface area contributed by atoms with E-state index in [0.717, 1.165) is 11.5 Å². The van der Waals surface area contributed by atoms with E-state index in [2.05, 4.69) is 52.4 Å². The Balaban J connectivity index is 1.50. The molecule has 0 aliphatic heterocycles. The number of hydrogen-bond acceptors (Lipinski definition) is 4. The highest BCUT2D eigenvalue weighted by Crippen LogP contribution is 2.23.